The van der Waals surface area contributed by atoms with Crippen LogP contribution >= 0.6 is 0 Å². The Morgan fingerprint density at radius 3 is 2.83 bits per heavy atom. The first-order chi connectivity index (χ1) is 17.6. The molecule has 8 nitrogen and oxygen atoms in total. The van der Waals surface area contributed by atoms with Gasteiger partial charge in [-0.1, -0.05) is 30.3 Å². The smallest absolute Gasteiger partial charge is 0.309 e. The number of rotatable bonds is 7. The number of nitrogens with one attached hydrogen (secondary N) is 2. The number of nitrogens with zero attached hydrogens (tertiary/aromatic N) is 3. The number of pyridine rings is 1. The Bertz CT molecular complexity index is 1380. The van der Waals surface area contributed by atoms with Crippen molar-refractivity contribution in [2.75, 3.05) is 25.5 Å². The van der Waals surface area contributed by atoms with E-state index in [1.165, 1.54) is 7.11 Å². The summed E-state index contributed by atoms with van der Waals surface area (Å²) in [4.78, 5) is 25.7. The number of carbonyl (C=O) groups is 1. The molecule has 1 aliphatic rings. The van der Waals surface area contributed by atoms with Gasteiger partial charge >= 0.3 is 5.97 Å². The second-order valence-corrected chi connectivity index (χ2v) is 8.89. The van der Waals surface area contributed by atoms with Gasteiger partial charge in [-0.15, -0.1) is 0 Å². The largest absolute Gasteiger partial charge is 0.469 e. The molecule has 4 aromatic rings. The number of esters is 1. The highest BCUT2D eigenvalue weighted by atomic mass is 16.5. The highest BCUT2D eigenvalue weighted by Gasteiger charge is 2.18. The Hall–Kier alpha value is -4.04. The van der Waals surface area contributed by atoms with Crippen molar-refractivity contribution in [3.63, 3.8) is 0 Å². The third kappa shape index (κ3) is 5.13. The van der Waals surface area contributed by atoms with Gasteiger partial charge in [-0.25, -0.2) is 15.0 Å². The lowest BCUT2D eigenvalue weighted by Crippen LogP contribution is -2.38. The molecule has 2 aromatic carbocycles. The van der Waals surface area contributed by atoms with Gasteiger partial charge in [-0.05, 0) is 61.0 Å². The quantitative estimate of drug-likeness (QED) is 0.366. The molecule has 0 amide bonds. The lowest BCUT2D eigenvalue weighted by molar-refractivity contribution is -0.139. The van der Waals surface area contributed by atoms with E-state index >= 15 is 0 Å². The van der Waals surface area contributed by atoms with Crippen LogP contribution in [0, 0.1) is 6.92 Å². The lowest BCUT2D eigenvalue weighted by Gasteiger charge is -2.23. The van der Waals surface area contributed by atoms with Crippen LogP contribution in [0.15, 0.2) is 60.9 Å². The molecule has 2 aromatic heterocycles. The normalized spacial score (nSPS) is 15.4. The van der Waals surface area contributed by atoms with Crippen molar-refractivity contribution in [2.24, 2.45) is 0 Å². The fourth-order valence-electron chi connectivity index (χ4n) is 4.52. The van der Waals surface area contributed by atoms with E-state index in [-0.39, 0.29) is 12.4 Å². The van der Waals surface area contributed by atoms with Crippen molar-refractivity contribution in [3.05, 3.63) is 72.1 Å². The van der Waals surface area contributed by atoms with E-state index in [0.717, 1.165) is 59.1 Å². The van der Waals surface area contributed by atoms with Crippen molar-refractivity contribution in [3.8, 4) is 22.9 Å². The van der Waals surface area contributed by atoms with Gasteiger partial charge in [0, 0.05) is 30.4 Å². The molecule has 0 bridgehead atoms. The molecule has 8 heteroatoms. The Morgan fingerprint density at radius 1 is 1.08 bits per heavy atom. The molecule has 184 valence electrons. The monoisotopic (exact) mass is 483 g/mol. The van der Waals surface area contributed by atoms with E-state index in [2.05, 4.69) is 20.6 Å². The number of anilines is 1. The summed E-state index contributed by atoms with van der Waals surface area (Å²) in [6.07, 6.45) is 5.86. The van der Waals surface area contributed by atoms with Crippen LogP contribution in [-0.4, -0.2) is 47.2 Å². The zero-order chi connectivity index (χ0) is 24.9. The van der Waals surface area contributed by atoms with Crippen molar-refractivity contribution in [1.82, 2.24) is 20.3 Å². The number of methoxy groups -OCH3 is 1. The zero-order valence-electron chi connectivity index (χ0n) is 20.5. The number of hydrogen-bond acceptors (Lipinski definition) is 8. The average Bonchev–Trinajstić information content (AvgIpc) is 2.91. The van der Waals surface area contributed by atoms with Crippen LogP contribution in [0.25, 0.3) is 22.0 Å². The number of ether oxygens (including phenoxy) is 2. The number of hydrogen-bond donors (Lipinski definition) is 2. The van der Waals surface area contributed by atoms with E-state index in [9.17, 15) is 4.79 Å². The number of carbonyl (C=O) groups excluding carboxylic acids is 1. The number of aromatic nitrogens is 3. The van der Waals surface area contributed by atoms with Crippen molar-refractivity contribution in [1.29, 1.82) is 0 Å². The van der Waals surface area contributed by atoms with Crippen LogP contribution in [0.4, 0.5) is 5.95 Å². The summed E-state index contributed by atoms with van der Waals surface area (Å²) >= 11 is 0. The van der Waals surface area contributed by atoms with Crippen molar-refractivity contribution < 1.29 is 14.3 Å². The minimum atomic E-state index is -0.283. The molecule has 0 spiro atoms. The van der Waals surface area contributed by atoms with Gasteiger partial charge < -0.3 is 20.1 Å². The zero-order valence-corrected chi connectivity index (χ0v) is 20.5. The maximum absolute atomic E-state index is 11.9. The topological polar surface area (TPSA) is 98.3 Å². The summed E-state index contributed by atoms with van der Waals surface area (Å²) in [5.41, 5.74) is 3.34. The minimum Gasteiger partial charge on any atom is -0.469 e. The summed E-state index contributed by atoms with van der Waals surface area (Å²) in [7, 11) is 1.40. The lowest BCUT2D eigenvalue weighted by atomic mass is 9.99. The second-order valence-electron chi connectivity index (χ2n) is 8.89. The van der Waals surface area contributed by atoms with Crippen molar-refractivity contribution >= 4 is 22.7 Å². The molecule has 36 heavy (non-hydrogen) atoms. The van der Waals surface area contributed by atoms with Crippen molar-refractivity contribution in [2.45, 2.75) is 32.2 Å². The number of aryl methyl sites for hydroxylation is 1. The standard InChI is InChI=1S/C28H29N5O3/c1-18-10-11-21-19(16-25(34)35-2)6-3-8-22(21)26(18)36-27-23(9-5-14-30-27)24-12-15-31-28(33-24)32-20-7-4-13-29-17-20/h3,5-6,8-12,14-15,20,29H,4,7,13,16-17H2,1-2H3,(H,31,32,33). The van der Waals surface area contributed by atoms with Crippen LogP contribution in [-0.2, 0) is 16.0 Å². The molecular weight excluding hydrogens is 454 g/mol. The van der Waals surface area contributed by atoms with Crippen LogP contribution in [0.1, 0.15) is 24.0 Å². The molecule has 2 N–H and O–H groups in total. The van der Waals surface area contributed by atoms with Gasteiger partial charge in [0.1, 0.15) is 5.75 Å². The van der Waals surface area contributed by atoms with E-state index < -0.39 is 0 Å². The number of fused-ring (bicyclic) bond motifs is 1. The predicted molar refractivity (Wildman–Crippen MR) is 139 cm³/mol. The van der Waals surface area contributed by atoms with E-state index in [1.54, 1.807) is 12.4 Å². The highest BCUT2D eigenvalue weighted by Crippen LogP contribution is 2.37. The Balaban J connectivity index is 1.49. The first-order valence-corrected chi connectivity index (χ1v) is 12.1. The molecular formula is C28H29N5O3. The summed E-state index contributed by atoms with van der Waals surface area (Å²) in [5, 5.41) is 8.68. The van der Waals surface area contributed by atoms with Gasteiger partial charge in [-0.2, -0.15) is 0 Å². The van der Waals surface area contributed by atoms with Gasteiger partial charge in [0.15, 0.2) is 0 Å². The van der Waals surface area contributed by atoms with Crippen LogP contribution in [0.2, 0.25) is 0 Å². The molecule has 0 saturated carbocycles. The molecule has 1 fully saturated rings. The summed E-state index contributed by atoms with van der Waals surface area (Å²) < 4.78 is 11.3. The predicted octanol–water partition coefficient (Wildman–Crippen LogP) is 4.67. The van der Waals surface area contributed by atoms with Gasteiger partial charge in [0.25, 0.3) is 0 Å². The fraction of sp³-hybridized carbons (Fsp3) is 0.286. The summed E-state index contributed by atoms with van der Waals surface area (Å²) in [5.74, 6) is 1.45. The third-order valence-electron chi connectivity index (χ3n) is 6.39. The van der Waals surface area contributed by atoms with Crippen LogP contribution in [0.3, 0.4) is 0 Å². The van der Waals surface area contributed by atoms with E-state index in [4.69, 9.17) is 14.5 Å². The molecule has 1 unspecified atom stereocenters. The van der Waals surface area contributed by atoms with Crippen LogP contribution in [0.5, 0.6) is 11.6 Å². The molecule has 0 aliphatic carbocycles. The van der Waals surface area contributed by atoms with Gasteiger partial charge in [0.2, 0.25) is 11.8 Å². The first kappa shape index (κ1) is 23.7. The van der Waals surface area contributed by atoms with Gasteiger partial charge in [-0.3, -0.25) is 4.79 Å². The van der Waals surface area contributed by atoms with Gasteiger partial charge in [0.05, 0.1) is 24.8 Å². The number of piperidine rings is 1. The molecule has 0 radical (unpaired) electrons. The second kappa shape index (κ2) is 10.7. The average molecular weight is 484 g/mol. The first-order valence-electron chi connectivity index (χ1n) is 12.1. The molecule has 1 aliphatic heterocycles. The molecule has 1 saturated heterocycles. The Kier molecular flexibility index (Phi) is 7.04. The number of benzene rings is 2. The fourth-order valence-corrected chi connectivity index (χ4v) is 4.52. The minimum absolute atomic E-state index is 0.193. The van der Waals surface area contributed by atoms with E-state index in [0.29, 0.717) is 23.6 Å². The maximum Gasteiger partial charge on any atom is 0.309 e. The molecule has 3 heterocycles. The molecule has 1 atom stereocenters. The van der Waals surface area contributed by atoms with Crippen LogP contribution < -0.4 is 15.4 Å². The molecule has 5 rings (SSSR count). The Morgan fingerprint density at radius 2 is 2.00 bits per heavy atom. The maximum atomic E-state index is 11.9. The van der Waals surface area contributed by atoms with E-state index in [1.807, 2.05) is 55.5 Å². The summed E-state index contributed by atoms with van der Waals surface area (Å²) in [6.45, 7) is 3.94. The highest BCUT2D eigenvalue weighted by molar-refractivity contribution is 5.94. The summed E-state index contributed by atoms with van der Waals surface area (Å²) in [6, 6.07) is 15.8. The third-order valence-corrected chi connectivity index (χ3v) is 6.39. The SMILES string of the molecule is COC(=O)Cc1cccc2c(Oc3ncccc3-c3ccnc(NC4CCCNC4)n3)c(C)ccc12. The Labute approximate surface area is 210 Å².